The first-order valence-electron chi connectivity index (χ1n) is 9.84. The Balaban J connectivity index is 1.69. The zero-order valence-corrected chi connectivity index (χ0v) is 17.3. The number of sulfonamides is 1. The van der Waals surface area contributed by atoms with Crippen LogP contribution in [0.25, 0.3) is 0 Å². The van der Waals surface area contributed by atoms with Gasteiger partial charge in [0, 0.05) is 24.7 Å². The Morgan fingerprint density at radius 3 is 2.39 bits per heavy atom. The van der Waals surface area contributed by atoms with Crippen molar-refractivity contribution in [3.8, 4) is 0 Å². The monoisotopic (exact) mass is 400 g/mol. The molecule has 1 amide bonds. The molecule has 1 saturated heterocycles. The second-order valence-corrected chi connectivity index (χ2v) is 9.50. The van der Waals surface area contributed by atoms with Gasteiger partial charge in [0.1, 0.15) is 0 Å². The van der Waals surface area contributed by atoms with Crippen molar-refractivity contribution >= 4 is 21.6 Å². The Morgan fingerprint density at radius 2 is 1.75 bits per heavy atom. The average molecular weight is 401 g/mol. The normalized spacial score (nSPS) is 18.2. The fourth-order valence-electron chi connectivity index (χ4n) is 3.60. The Kier molecular flexibility index (Phi) is 6.52. The molecule has 1 aliphatic rings. The van der Waals surface area contributed by atoms with Gasteiger partial charge in [-0.25, -0.2) is 8.42 Å². The van der Waals surface area contributed by atoms with Crippen molar-refractivity contribution in [1.82, 2.24) is 4.31 Å². The minimum atomic E-state index is -3.59. The summed E-state index contributed by atoms with van der Waals surface area (Å²) in [6.07, 6.45) is 2.62. The van der Waals surface area contributed by atoms with E-state index in [0.29, 0.717) is 18.9 Å². The summed E-state index contributed by atoms with van der Waals surface area (Å²) in [5.74, 6) is 0.279. The highest BCUT2D eigenvalue weighted by atomic mass is 32.2. The van der Waals surface area contributed by atoms with Crippen LogP contribution >= 0.6 is 0 Å². The summed E-state index contributed by atoms with van der Waals surface area (Å²) in [7, 11) is -3.59. The van der Waals surface area contributed by atoms with Crippen molar-refractivity contribution in [1.29, 1.82) is 0 Å². The third-order valence-corrected chi connectivity index (χ3v) is 7.17. The van der Waals surface area contributed by atoms with Gasteiger partial charge in [0.2, 0.25) is 15.9 Å². The van der Waals surface area contributed by atoms with Gasteiger partial charge in [0.05, 0.1) is 4.90 Å². The first-order chi connectivity index (χ1) is 13.4. The molecule has 28 heavy (non-hydrogen) atoms. The van der Waals surface area contributed by atoms with Crippen LogP contribution < -0.4 is 5.32 Å². The summed E-state index contributed by atoms with van der Waals surface area (Å²) in [5.41, 5.74) is 1.95. The van der Waals surface area contributed by atoms with Crippen molar-refractivity contribution in [2.45, 2.75) is 56.4 Å². The SMILES string of the molecule is CC(C)c1ccc(NC(=O)CC2CCCCN2S(=O)(=O)c2ccccc2)cc1. The molecule has 2 aromatic carbocycles. The van der Waals surface area contributed by atoms with E-state index in [9.17, 15) is 13.2 Å². The lowest BCUT2D eigenvalue weighted by Gasteiger charge is -2.34. The van der Waals surface area contributed by atoms with E-state index in [1.54, 1.807) is 30.3 Å². The summed E-state index contributed by atoms with van der Waals surface area (Å²) >= 11 is 0. The van der Waals surface area contributed by atoms with Crippen molar-refractivity contribution in [3.63, 3.8) is 0 Å². The summed E-state index contributed by atoms with van der Waals surface area (Å²) in [4.78, 5) is 12.9. The van der Waals surface area contributed by atoms with Crippen LogP contribution in [0.2, 0.25) is 0 Å². The molecule has 6 heteroatoms. The van der Waals surface area contributed by atoms with Gasteiger partial charge in [-0.15, -0.1) is 0 Å². The first kappa shape index (κ1) is 20.6. The summed E-state index contributed by atoms with van der Waals surface area (Å²) in [6, 6.07) is 16.0. The Labute approximate surface area is 167 Å². The number of amides is 1. The molecule has 1 N–H and O–H groups in total. The van der Waals surface area contributed by atoms with Crippen LogP contribution in [-0.2, 0) is 14.8 Å². The van der Waals surface area contributed by atoms with E-state index >= 15 is 0 Å². The van der Waals surface area contributed by atoms with Crippen LogP contribution in [0.3, 0.4) is 0 Å². The topological polar surface area (TPSA) is 66.5 Å². The molecular formula is C22H28N2O3S. The van der Waals surface area contributed by atoms with Crippen molar-refractivity contribution < 1.29 is 13.2 Å². The van der Waals surface area contributed by atoms with Crippen molar-refractivity contribution in [2.75, 3.05) is 11.9 Å². The molecule has 1 fully saturated rings. The quantitative estimate of drug-likeness (QED) is 0.782. The Morgan fingerprint density at radius 1 is 1.07 bits per heavy atom. The molecule has 0 aromatic heterocycles. The van der Waals surface area contributed by atoms with Crippen LogP contribution in [0, 0.1) is 0 Å². The standard InChI is InChI=1S/C22H28N2O3S/c1-17(2)18-11-13-19(14-12-18)23-22(25)16-20-8-6-7-15-24(20)28(26,27)21-9-4-3-5-10-21/h3-5,9-14,17,20H,6-8,15-16H2,1-2H3,(H,23,25). The highest BCUT2D eigenvalue weighted by Gasteiger charge is 2.34. The third kappa shape index (κ3) is 4.80. The molecule has 150 valence electrons. The predicted octanol–water partition coefficient (Wildman–Crippen LogP) is 4.38. The van der Waals surface area contributed by atoms with E-state index in [2.05, 4.69) is 19.2 Å². The number of hydrogen-bond acceptors (Lipinski definition) is 3. The van der Waals surface area contributed by atoms with E-state index < -0.39 is 10.0 Å². The molecule has 0 saturated carbocycles. The molecule has 5 nitrogen and oxygen atoms in total. The van der Waals surface area contributed by atoms with E-state index in [-0.39, 0.29) is 23.3 Å². The number of anilines is 1. The molecule has 1 atom stereocenters. The highest BCUT2D eigenvalue weighted by molar-refractivity contribution is 7.89. The lowest BCUT2D eigenvalue weighted by atomic mass is 10.0. The molecule has 0 aliphatic carbocycles. The molecule has 1 aliphatic heterocycles. The molecule has 0 radical (unpaired) electrons. The fraction of sp³-hybridized carbons (Fsp3) is 0.409. The smallest absolute Gasteiger partial charge is 0.243 e. The number of carbonyl (C=O) groups excluding carboxylic acids is 1. The second kappa shape index (κ2) is 8.88. The van der Waals surface area contributed by atoms with Crippen LogP contribution in [0.5, 0.6) is 0 Å². The zero-order chi connectivity index (χ0) is 20.1. The van der Waals surface area contributed by atoms with Crippen LogP contribution in [0.1, 0.15) is 51.0 Å². The van der Waals surface area contributed by atoms with Gasteiger partial charge in [0.25, 0.3) is 0 Å². The molecule has 1 unspecified atom stereocenters. The van der Waals surface area contributed by atoms with Gasteiger partial charge in [-0.1, -0.05) is 50.6 Å². The summed E-state index contributed by atoms with van der Waals surface area (Å²) in [6.45, 7) is 4.70. The van der Waals surface area contributed by atoms with Gasteiger partial charge in [-0.2, -0.15) is 4.31 Å². The van der Waals surface area contributed by atoms with E-state index in [0.717, 1.165) is 18.5 Å². The number of nitrogens with zero attached hydrogens (tertiary/aromatic N) is 1. The second-order valence-electron chi connectivity index (χ2n) is 7.61. The maximum Gasteiger partial charge on any atom is 0.243 e. The lowest BCUT2D eigenvalue weighted by molar-refractivity contribution is -0.117. The van der Waals surface area contributed by atoms with Gasteiger partial charge < -0.3 is 5.32 Å². The third-order valence-electron chi connectivity index (χ3n) is 5.21. The maximum absolute atomic E-state index is 13.0. The van der Waals surface area contributed by atoms with Gasteiger partial charge in [-0.3, -0.25) is 4.79 Å². The molecule has 0 bridgehead atoms. The first-order valence-corrected chi connectivity index (χ1v) is 11.3. The Hall–Kier alpha value is -2.18. The molecule has 0 spiro atoms. The number of benzene rings is 2. The number of carbonyl (C=O) groups is 1. The number of rotatable bonds is 6. The zero-order valence-electron chi connectivity index (χ0n) is 16.5. The molecular weight excluding hydrogens is 372 g/mol. The van der Waals surface area contributed by atoms with Crippen LogP contribution in [-0.4, -0.2) is 31.2 Å². The molecule has 3 rings (SSSR count). The number of nitrogens with one attached hydrogen (secondary N) is 1. The highest BCUT2D eigenvalue weighted by Crippen LogP contribution is 2.27. The largest absolute Gasteiger partial charge is 0.326 e. The molecule has 2 aromatic rings. The van der Waals surface area contributed by atoms with Gasteiger partial charge >= 0.3 is 0 Å². The summed E-state index contributed by atoms with van der Waals surface area (Å²) in [5, 5.41) is 2.91. The lowest BCUT2D eigenvalue weighted by Crippen LogP contribution is -2.45. The van der Waals surface area contributed by atoms with E-state index in [1.807, 2.05) is 24.3 Å². The van der Waals surface area contributed by atoms with Crippen LogP contribution in [0.4, 0.5) is 5.69 Å². The average Bonchev–Trinajstić information content (AvgIpc) is 2.69. The van der Waals surface area contributed by atoms with Crippen molar-refractivity contribution in [3.05, 3.63) is 60.2 Å². The number of piperidine rings is 1. The summed E-state index contributed by atoms with van der Waals surface area (Å²) < 4.78 is 27.6. The van der Waals surface area contributed by atoms with Gasteiger partial charge in [0.15, 0.2) is 0 Å². The minimum absolute atomic E-state index is 0.155. The fourth-order valence-corrected chi connectivity index (χ4v) is 5.31. The van der Waals surface area contributed by atoms with Crippen LogP contribution in [0.15, 0.2) is 59.5 Å². The molecule has 1 heterocycles. The van der Waals surface area contributed by atoms with Crippen molar-refractivity contribution in [2.24, 2.45) is 0 Å². The maximum atomic E-state index is 13.0. The predicted molar refractivity (Wildman–Crippen MR) is 112 cm³/mol. The Bertz CT molecular complexity index is 893. The van der Waals surface area contributed by atoms with E-state index in [1.165, 1.54) is 9.87 Å². The minimum Gasteiger partial charge on any atom is -0.326 e. The van der Waals surface area contributed by atoms with Gasteiger partial charge in [-0.05, 0) is 48.6 Å². The number of hydrogen-bond donors (Lipinski definition) is 1. The van der Waals surface area contributed by atoms with E-state index in [4.69, 9.17) is 0 Å².